The molecule has 140 valence electrons. The lowest BCUT2D eigenvalue weighted by molar-refractivity contribution is -2.00. The maximum atomic E-state index is 8.49. The van der Waals surface area contributed by atoms with Crippen LogP contribution in [0.4, 0.5) is 0 Å². The Bertz CT molecular complexity index is 1130. The fraction of sp³-hybridized carbons (Fsp3) is 0.0455. The highest BCUT2D eigenvalue weighted by atomic mass is 35.7. The van der Waals surface area contributed by atoms with E-state index in [2.05, 4.69) is 72.8 Å². The number of benzene rings is 3. The van der Waals surface area contributed by atoms with Crippen molar-refractivity contribution in [3.63, 3.8) is 0 Å². The number of para-hydroxylation sites is 1. The molecular formula is C22H15ClO5. The van der Waals surface area contributed by atoms with Crippen LogP contribution in [0.3, 0.4) is 0 Å². The Morgan fingerprint density at radius 1 is 0.679 bits per heavy atom. The van der Waals surface area contributed by atoms with Crippen molar-refractivity contribution >= 4 is 11.0 Å². The summed E-state index contributed by atoms with van der Waals surface area (Å²) in [5, 5.41) is 1.18. The molecule has 0 fully saturated rings. The molecule has 0 N–H and O–H groups in total. The van der Waals surface area contributed by atoms with Gasteiger partial charge in [0.2, 0.25) is 0 Å². The second-order valence-corrected chi connectivity index (χ2v) is 7.11. The first-order valence-electron chi connectivity index (χ1n) is 8.55. The lowest BCUT2D eigenvalue weighted by Gasteiger charge is -2.17. The normalized spacial score (nSPS) is 12.1. The van der Waals surface area contributed by atoms with E-state index in [1.54, 1.807) is 0 Å². The minimum absolute atomic E-state index is 0.871. The maximum absolute atomic E-state index is 8.49. The van der Waals surface area contributed by atoms with Crippen molar-refractivity contribution in [3.8, 4) is 22.3 Å². The topological polar surface area (TPSA) is 104 Å². The number of hydrogen-bond acceptors (Lipinski definition) is 4. The lowest BCUT2D eigenvalue weighted by Crippen LogP contribution is -2.68. The van der Waals surface area contributed by atoms with Gasteiger partial charge in [0.25, 0.3) is 0 Å². The molecule has 0 amide bonds. The van der Waals surface area contributed by atoms with Gasteiger partial charge in [-0.3, -0.25) is 0 Å². The Morgan fingerprint density at radius 3 is 2.04 bits per heavy atom. The molecule has 5 nitrogen and oxygen atoms in total. The molecule has 1 heterocycles. The molecule has 6 heteroatoms. The van der Waals surface area contributed by atoms with E-state index in [4.69, 9.17) is 23.1 Å². The van der Waals surface area contributed by atoms with Crippen LogP contribution in [0.15, 0.2) is 83.3 Å². The Balaban J connectivity index is 0.000000346. The number of rotatable bonds is 1. The summed E-state index contributed by atoms with van der Waals surface area (Å²) in [4.78, 5) is 0. The quantitative estimate of drug-likeness (QED) is 0.397. The van der Waals surface area contributed by atoms with Crippen molar-refractivity contribution in [1.29, 1.82) is 0 Å². The van der Waals surface area contributed by atoms with Crippen molar-refractivity contribution < 1.29 is 33.3 Å². The van der Waals surface area contributed by atoms with Crippen LogP contribution >= 0.6 is 0 Å². The highest BCUT2D eigenvalue weighted by molar-refractivity contribution is 6.03. The van der Waals surface area contributed by atoms with Gasteiger partial charge in [0.1, 0.15) is 0 Å². The van der Waals surface area contributed by atoms with E-state index in [1.807, 2.05) is 6.07 Å². The molecule has 0 spiro atoms. The number of fused-ring (bicyclic) bond motifs is 4. The Labute approximate surface area is 163 Å². The molecular weight excluding hydrogens is 380 g/mol. The molecule has 1 aromatic heterocycles. The summed E-state index contributed by atoms with van der Waals surface area (Å²) in [5.41, 5.74) is 7.39. The smallest absolute Gasteiger partial charge is 0.222 e. The van der Waals surface area contributed by atoms with Crippen LogP contribution in [0.25, 0.3) is 33.2 Å². The molecule has 0 radical (unpaired) electrons. The number of hydrogen-bond donors (Lipinski definition) is 0. The van der Waals surface area contributed by atoms with Crippen LogP contribution in [0.1, 0.15) is 11.3 Å². The molecule has 5 rings (SSSR count). The second-order valence-electron chi connectivity index (χ2n) is 6.35. The molecule has 0 unspecified atom stereocenters. The van der Waals surface area contributed by atoms with Crippen LogP contribution in [0.2, 0.25) is 0 Å². The molecule has 28 heavy (non-hydrogen) atoms. The average molecular weight is 395 g/mol. The van der Waals surface area contributed by atoms with Gasteiger partial charge < -0.3 is 0 Å². The van der Waals surface area contributed by atoms with Crippen LogP contribution < -0.4 is 18.6 Å². The summed E-state index contributed by atoms with van der Waals surface area (Å²) in [6.07, 6.45) is 0.871. The monoisotopic (exact) mass is 394 g/mol. The Morgan fingerprint density at radius 2 is 1.29 bits per heavy atom. The van der Waals surface area contributed by atoms with Crippen molar-refractivity contribution in [2.24, 2.45) is 0 Å². The largest absolute Gasteiger partial charge is 0.360 e. The van der Waals surface area contributed by atoms with E-state index in [1.165, 1.54) is 33.2 Å². The molecule has 0 bridgehead atoms. The summed E-state index contributed by atoms with van der Waals surface area (Å²) in [6, 6.07) is 27.6. The summed E-state index contributed by atoms with van der Waals surface area (Å²) >= 11 is 0. The van der Waals surface area contributed by atoms with Gasteiger partial charge in [-0.15, -0.1) is 10.2 Å². The minimum atomic E-state index is -4.94. The maximum Gasteiger partial charge on any atom is 0.360 e. The van der Waals surface area contributed by atoms with E-state index in [0.29, 0.717) is 0 Å². The van der Waals surface area contributed by atoms with Gasteiger partial charge >= 0.3 is 11.3 Å². The van der Waals surface area contributed by atoms with Gasteiger partial charge in [-0.1, -0.05) is 66.7 Å². The van der Waals surface area contributed by atoms with Gasteiger partial charge in [-0.25, -0.2) is 23.1 Å². The summed E-state index contributed by atoms with van der Waals surface area (Å²) < 4.78 is 40.2. The van der Waals surface area contributed by atoms with Crippen LogP contribution in [-0.2, 0) is 6.42 Å². The first kappa shape index (κ1) is 18.6. The first-order chi connectivity index (χ1) is 13.4. The lowest BCUT2D eigenvalue weighted by atomic mass is 9.93. The summed E-state index contributed by atoms with van der Waals surface area (Å²) in [7, 11) is -4.94. The Kier molecular flexibility index (Phi) is 4.85. The average Bonchev–Trinajstić information content (AvgIpc) is 3.03. The van der Waals surface area contributed by atoms with Crippen molar-refractivity contribution in [2.45, 2.75) is 6.42 Å². The predicted molar refractivity (Wildman–Crippen MR) is 94.3 cm³/mol. The molecule has 3 aromatic carbocycles. The standard InChI is InChI=1S/C22H15O.ClHO4/c1-2-8-15(9-3-1)21-18-12-6-7-13-19(18)23-20-14-16-10-4-5-11-17(16)22(20)21;2-1(3,4)5/h1-13H,14H2;(H,2,3,4,5)/q+1;/p-1. The second kappa shape index (κ2) is 7.31. The van der Waals surface area contributed by atoms with Crippen LogP contribution in [0, 0.1) is 10.2 Å². The third kappa shape index (κ3) is 3.75. The fourth-order valence-electron chi connectivity index (χ4n) is 3.63. The summed E-state index contributed by atoms with van der Waals surface area (Å²) in [6.45, 7) is 0. The highest BCUT2D eigenvalue weighted by Gasteiger charge is 2.33. The molecule has 0 saturated heterocycles. The van der Waals surface area contributed by atoms with Gasteiger partial charge in [0.05, 0.1) is 17.4 Å². The summed E-state index contributed by atoms with van der Waals surface area (Å²) in [5.74, 6) is 1.07. The minimum Gasteiger partial charge on any atom is -0.222 e. The SMILES string of the molecule is [O-][Cl+3]([O-])([O-])[O-].c1ccc(-c2c3c([o+]c4ccccc24)Cc2ccccc2-3)cc1. The van der Waals surface area contributed by atoms with Crippen molar-refractivity contribution in [1.82, 2.24) is 0 Å². The van der Waals surface area contributed by atoms with E-state index in [9.17, 15) is 0 Å². The predicted octanol–water partition coefficient (Wildman–Crippen LogP) is 1.20. The molecule has 4 aromatic rings. The molecule has 1 aliphatic carbocycles. The zero-order chi connectivity index (χ0) is 19.7. The van der Waals surface area contributed by atoms with E-state index in [0.717, 1.165) is 17.8 Å². The van der Waals surface area contributed by atoms with E-state index in [-0.39, 0.29) is 0 Å². The van der Waals surface area contributed by atoms with E-state index >= 15 is 0 Å². The van der Waals surface area contributed by atoms with Crippen molar-refractivity contribution in [2.75, 3.05) is 0 Å². The highest BCUT2D eigenvalue weighted by Crippen LogP contribution is 2.46. The molecule has 0 aliphatic heterocycles. The fourth-order valence-corrected chi connectivity index (χ4v) is 3.63. The third-order valence-corrected chi connectivity index (χ3v) is 4.62. The first-order valence-corrected chi connectivity index (χ1v) is 9.78. The zero-order valence-corrected chi connectivity index (χ0v) is 15.4. The van der Waals surface area contributed by atoms with Crippen LogP contribution in [0.5, 0.6) is 0 Å². The molecule has 0 atom stereocenters. The molecule has 0 saturated carbocycles. The third-order valence-electron chi connectivity index (χ3n) is 4.62. The van der Waals surface area contributed by atoms with Crippen LogP contribution in [-0.4, -0.2) is 0 Å². The van der Waals surface area contributed by atoms with Crippen molar-refractivity contribution in [3.05, 3.63) is 90.2 Å². The Hall–Kier alpha value is -2.80. The van der Waals surface area contributed by atoms with Gasteiger partial charge in [-0.2, -0.15) is 0 Å². The van der Waals surface area contributed by atoms with Gasteiger partial charge in [0, 0.05) is 11.6 Å². The molecule has 1 aliphatic rings. The van der Waals surface area contributed by atoms with E-state index < -0.39 is 10.2 Å². The van der Waals surface area contributed by atoms with Gasteiger partial charge in [0.15, 0.2) is 0 Å². The van der Waals surface area contributed by atoms with Gasteiger partial charge in [-0.05, 0) is 22.8 Å². The number of halogens is 1. The zero-order valence-electron chi connectivity index (χ0n) is 14.6.